The Morgan fingerprint density at radius 2 is 1.59 bits per heavy atom. The Morgan fingerprint density at radius 3 is 2.14 bits per heavy atom. The standard InChI is InChI=1S/C30H39BrN2O2S2/c1-19(2)23-16-27(20(3)4)29(28(17-23)21(5)6)37(34,35)26-10-12-33(13-11-26)30-32-25(18-36-30)15-22-8-7-9-24(31)14-22/h7-9,14,16-21,26H,10-13,15H2,1-6H3. The monoisotopic (exact) mass is 602 g/mol. The second kappa shape index (κ2) is 11.6. The summed E-state index contributed by atoms with van der Waals surface area (Å²) in [7, 11) is -3.45. The van der Waals surface area contributed by atoms with E-state index in [0.717, 1.165) is 32.8 Å². The van der Waals surface area contributed by atoms with E-state index in [0.29, 0.717) is 36.7 Å². The predicted octanol–water partition coefficient (Wildman–Crippen LogP) is 8.31. The normalized spacial score (nSPS) is 15.4. The molecule has 200 valence electrons. The van der Waals surface area contributed by atoms with Crippen LogP contribution in [0.5, 0.6) is 0 Å². The molecule has 0 atom stereocenters. The number of thiazole rings is 1. The molecule has 2 heterocycles. The number of halogens is 1. The summed E-state index contributed by atoms with van der Waals surface area (Å²) in [6.07, 6.45) is 2.05. The molecule has 2 aromatic carbocycles. The number of sulfone groups is 1. The lowest BCUT2D eigenvalue weighted by atomic mass is 9.89. The molecule has 1 saturated heterocycles. The van der Waals surface area contributed by atoms with Crippen molar-refractivity contribution in [3.63, 3.8) is 0 Å². The first-order valence-electron chi connectivity index (χ1n) is 13.3. The van der Waals surface area contributed by atoms with Crippen LogP contribution in [-0.2, 0) is 16.3 Å². The van der Waals surface area contributed by atoms with Crippen molar-refractivity contribution in [2.24, 2.45) is 0 Å². The summed E-state index contributed by atoms with van der Waals surface area (Å²) >= 11 is 5.20. The lowest BCUT2D eigenvalue weighted by molar-refractivity contribution is 0.526. The van der Waals surface area contributed by atoms with Crippen LogP contribution in [0, 0.1) is 0 Å². The number of anilines is 1. The van der Waals surface area contributed by atoms with Gasteiger partial charge in [0.25, 0.3) is 0 Å². The molecule has 0 amide bonds. The van der Waals surface area contributed by atoms with E-state index in [2.05, 4.69) is 92.0 Å². The van der Waals surface area contributed by atoms with E-state index in [1.807, 2.05) is 12.1 Å². The zero-order valence-corrected chi connectivity index (χ0v) is 26.0. The first-order chi connectivity index (χ1) is 17.5. The lowest BCUT2D eigenvalue weighted by Crippen LogP contribution is -2.40. The fourth-order valence-electron chi connectivity index (χ4n) is 5.12. The third kappa shape index (κ3) is 6.31. The van der Waals surface area contributed by atoms with Gasteiger partial charge in [-0.3, -0.25) is 0 Å². The van der Waals surface area contributed by atoms with Crippen LogP contribution >= 0.6 is 27.3 Å². The largest absolute Gasteiger partial charge is 0.348 e. The summed E-state index contributed by atoms with van der Waals surface area (Å²) in [4.78, 5) is 7.75. The van der Waals surface area contributed by atoms with Crippen molar-refractivity contribution >= 4 is 42.2 Å². The van der Waals surface area contributed by atoms with Crippen LogP contribution in [0.2, 0.25) is 0 Å². The van der Waals surface area contributed by atoms with Crippen LogP contribution in [0.25, 0.3) is 0 Å². The Morgan fingerprint density at radius 1 is 0.973 bits per heavy atom. The Balaban J connectivity index is 1.53. The van der Waals surface area contributed by atoms with Crippen LogP contribution in [-0.4, -0.2) is 31.7 Å². The van der Waals surface area contributed by atoms with Crippen LogP contribution in [0.4, 0.5) is 5.13 Å². The van der Waals surface area contributed by atoms with Gasteiger partial charge in [-0.2, -0.15) is 0 Å². The number of aromatic nitrogens is 1. The van der Waals surface area contributed by atoms with Gasteiger partial charge in [0.1, 0.15) is 0 Å². The van der Waals surface area contributed by atoms with Gasteiger partial charge in [0.15, 0.2) is 15.0 Å². The van der Waals surface area contributed by atoms with Gasteiger partial charge in [-0.05, 0) is 65.0 Å². The van der Waals surface area contributed by atoms with Crippen molar-refractivity contribution in [3.8, 4) is 0 Å². The molecule has 1 aliphatic heterocycles. The summed E-state index contributed by atoms with van der Waals surface area (Å²) in [5.74, 6) is 0.668. The smallest absolute Gasteiger partial charge is 0.185 e. The molecular formula is C30H39BrN2O2S2. The minimum Gasteiger partial charge on any atom is -0.348 e. The quantitative estimate of drug-likeness (QED) is 0.260. The zero-order chi connectivity index (χ0) is 26.9. The maximum atomic E-state index is 14.2. The fourth-order valence-corrected chi connectivity index (χ4v) is 8.86. The molecule has 0 spiro atoms. The second-order valence-corrected chi connectivity index (χ2v) is 15.1. The first-order valence-corrected chi connectivity index (χ1v) is 16.5. The van der Waals surface area contributed by atoms with Crippen LogP contribution in [0.3, 0.4) is 0 Å². The van der Waals surface area contributed by atoms with Gasteiger partial charge in [-0.25, -0.2) is 13.4 Å². The summed E-state index contributed by atoms with van der Waals surface area (Å²) < 4.78 is 29.4. The van der Waals surface area contributed by atoms with E-state index in [4.69, 9.17) is 4.98 Å². The number of hydrogen-bond donors (Lipinski definition) is 0. The minimum absolute atomic E-state index is 0.153. The molecule has 4 rings (SSSR count). The molecule has 0 N–H and O–H groups in total. The Labute approximate surface area is 235 Å². The van der Waals surface area contributed by atoms with Crippen molar-refractivity contribution < 1.29 is 8.42 Å². The summed E-state index contributed by atoms with van der Waals surface area (Å²) in [5, 5.41) is 2.76. The van der Waals surface area contributed by atoms with Crippen LogP contribution in [0.1, 0.15) is 100 Å². The molecule has 0 radical (unpaired) electrons. The molecular weight excluding hydrogens is 564 g/mol. The molecule has 0 unspecified atom stereocenters. The average molecular weight is 604 g/mol. The van der Waals surface area contributed by atoms with E-state index < -0.39 is 9.84 Å². The van der Waals surface area contributed by atoms with Crippen molar-refractivity contribution in [3.05, 3.63) is 74.2 Å². The molecule has 0 aliphatic carbocycles. The molecule has 7 heteroatoms. The number of piperidine rings is 1. The SMILES string of the molecule is CC(C)c1cc(C(C)C)c(S(=O)(=O)C2CCN(c3nc(Cc4cccc(Br)c4)cs3)CC2)c(C(C)C)c1. The Hall–Kier alpha value is -1.70. The van der Waals surface area contributed by atoms with Crippen molar-refractivity contribution in [1.29, 1.82) is 0 Å². The summed E-state index contributed by atoms with van der Waals surface area (Å²) in [6.45, 7) is 14.2. The molecule has 4 nitrogen and oxygen atoms in total. The highest BCUT2D eigenvalue weighted by molar-refractivity contribution is 9.10. The lowest BCUT2D eigenvalue weighted by Gasteiger charge is -2.33. The zero-order valence-electron chi connectivity index (χ0n) is 22.8. The highest BCUT2D eigenvalue weighted by atomic mass is 79.9. The van der Waals surface area contributed by atoms with E-state index >= 15 is 0 Å². The Kier molecular flexibility index (Phi) is 8.86. The second-order valence-electron chi connectivity index (χ2n) is 11.2. The van der Waals surface area contributed by atoms with E-state index in [1.165, 1.54) is 11.1 Å². The van der Waals surface area contributed by atoms with Crippen molar-refractivity contribution in [1.82, 2.24) is 4.98 Å². The van der Waals surface area contributed by atoms with Gasteiger partial charge in [-0.15, -0.1) is 11.3 Å². The Bertz CT molecular complexity index is 1310. The highest BCUT2D eigenvalue weighted by Gasteiger charge is 2.36. The van der Waals surface area contributed by atoms with Gasteiger partial charge >= 0.3 is 0 Å². The third-order valence-electron chi connectivity index (χ3n) is 7.33. The molecule has 0 bridgehead atoms. The maximum Gasteiger partial charge on any atom is 0.185 e. The predicted molar refractivity (Wildman–Crippen MR) is 160 cm³/mol. The van der Waals surface area contributed by atoms with Gasteiger partial charge < -0.3 is 4.90 Å². The highest BCUT2D eigenvalue weighted by Crippen LogP contribution is 2.39. The number of hydrogen-bond acceptors (Lipinski definition) is 5. The molecule has 0 saturated carbocycles. The van der Waals surface area contributed by atoms with Gasteiger partial charge in [0.05, 0.1) is 15.8 Å². The van der Waals surface area contributed by atoms with Crippen molar-refractivity contribution in [2.45, 2.75) is 88.7 Å². The van der Waals surface area contributed by atoms with E-state index in [1.54, 1.807) is 11.3 Å². The molecule has 1 fully saturated rings. The maximum absolute atomic E-state index is 14.2. The van der Waals surface area contributed by atoms with Gasteiger partial charge in [0.2, 0.25) is 0 Å². The number of benzene rings is 2. The topological polar surface area (TPSA) is 50.3 Å². The van der Waals surface area contributed by atoms with Crippen molar-refractivity contribution in [2.75, 3.05) is 18.0 Å². The van der Waals surface area contributed by atoms with Gasteiger partial charge in [0, 0.05) is 29.4 Å². The number of rotatable bonds is 8. The molecule has 37 heavy (non-hydrogen) atoms. The average Bonchev–Trinajstić information content (AvgIpc) is 3.31. The summed E-state index contributed by atoms with van der Waals surface area (Å²) in [5.41, 5.74) is 5.47. The molecule has 1 aliphatic rings. The summed E-state index contributed by atoms with van der Waals surface area (Å²) in [6, 6.07) is 12.6. The third-order valence-corrected chi connectivity index (χ3v) is 11.2. The van der Waals surface area contributed by atoms with Crippen LogP contribution in [0.15, 0.2) is 51.1 Å². The van der Waals surface area contributed by atoms with Gasteiger partial charge in [-0.1, -0.05) is 81.7 Å². The minimum atomic E-state index is -3.45. The molecule has 1 aromatic heterocycles. The number of nitrogens with zero attached hydrogens (tertiary/aromatic N) is 2. The van der Waals surface area contributed by atoms with Crippen LogP contribution < -0.4 is 4.90 Å². The first kappa shape index (κ1) is 28.3. The molecule has 3 aromatic rings. The fraction of sp³-hybridized carbons (Fsp3) is 0.500. The van der Waals surface area contributed by atoms with E-state index in [-0.39, 0.29) is 17.1 Å². The van der Waals surface area contributed by atoms with E-state index in [9.17, 15) is 8.42 Å².